The maximum Gasteiger partial charge on any atom is 0.153 e. The fraction of sp³-hybridized carbons (Fsp3) is 0.676. The molecule has 0 bridgehead atoms. The number of hydrogen-bond acceptors (Lipinski definition) is 6. The van der Waals surface area contributed by atoms with E-state index in [0.717, 1.165) is 47.9 Å². The van der Waals surface area contributed by atoms with Crippen molar-refractivity contribution in [1.82, 2.24) is 4.98 Å². The lowest BCUT2D eigenvalue weighted by atomic mass is 9.40. The van der Waals surface area contributed by atoms with Gasteiger partial charge in [-0.3, -0.25) is 0 Å². The minimum absolute atomic E-state index is 0.113. The first-order valence-electron chi connectivity index (χ1n) is 16.7. The van der Waals surface area contributed by atoms with E-state index in [1.165, 1.54) is 22.2 Å². The normalized spacial score (nSPS) is 48.7. The summed E-state index contributed by atoms with van der Waals surface area (Å²) < 4.78 is 19.4. The minimum atomic E-state index is -1.14. The molecule has 2 saturated carbocycles. The van der Waals surface area contributed by atoms with Gasteiger partial charge in [-0.15, -0.1) is 0 Å². The van der Waals surface area contributed by atoms with Gasteiger partial charge in [-0.25, -0.2) is 0 Å². The van der Waals surface area contributed by atoms with Crippen molar-refractivity contribution in [3.8, 4) is 0 Å². The van der Waals surface area contributed by atoms with Crippen LogP contribution in [0.5, 0.6) is 0 Å². The van der Waals surface area contributed by atoms with E-state index < -0.39 is 52.2 Å². The molecule has 0 amide bonds. The highest BCUT2D eigenvalue weighted by Gasteiger charge is 2.86. The zero-order valence-electron chi connectivity index (χ0n) is 27.1. The van der Waals surface area contributed by atoms with E-state index in [9.17, 15) is 15.3 Å². The van der Waals surface area contributed by atoms with Gasteiger partial charge in [-0.1, -0.05) is 20.4 Å². The zero-order chi connectivity index (χ0) is 31.1. The molecular formula is C37H47NO6. The molecule has 236 valence electrons. The Balaban J connectivity index is 1.17. The first-order valence-corrected chi connectivity index (χ1v) is 16.7. The fourth-order valence-electron chi connectivity index (χ4n) is 12.0. The van der Waals surface area contributed by atoms with Crippen LogP contribution in [0.1, 0.15) is 103 Å². The third kappa shape index (κ3) is 2.89. The highest BCUT2D eigenvalue weighted by molar-refractivity contribution is 5.93. The second-order valence-corrected chi connectivity index (χ2v) is 16.9. The minimum Gasteiger partial charge on any atom is -0.388 e. The summed E-state index contributed by atoms with van der Waals surface area (Å²) in [4.78, 5) is 3.92. The number of fused-ring (bicyclic) bond motifs is 10. The molecule has 2 aromatic rings. The molecule has 7 nitrogen and oxygen atoms in total. The number of aliphatic hydroxyl groups is 3. The third-order valence-corrected chi connectivity index (χ3v) is 14.0. The average Bonchev–Trinajstić information content (AvgIpc) is 3.41. The molecule has 3 aliphatic heterocycles. The number of aromatic amines is 1. The number of ether oxygens (including phenoxy) is 3. The van der Waals surface area contributed by atoms with Crippen LogP contribution in [-0.2, 0) is 26.0 Å². The number of aliphatic hydroxyl groups excluding tert-OH is 2. The molecule has 1 aromatic carbocycles. The molecule has 0 radical (unpaired) electrons. The Hall–Kier alpha value is -2.00. The monoisotopic (exact) mass is 601 g/mol. The predicted molar refractivity (Wildman–Crippen MR) is 167 cm³/mol. The Morgan fingerprint density at radius 2 is 1.80 bits per heavy atom. The van der Waals surface area contributed by atoms with Crippen LogP contribution in [0.4, 0.5) is 0 Å². The van der Waals surface area contributed by atoms with Crippen molar-refractivity contribution in [3.63, 3.8) is 0 Å². The molecule has 4 N–H and O–H groups in total. The van der Waals surface area contributed by atoms with Gasteiger partial charge in [0.15, 0.2) is 5.60 Å². The van der Waals surface area contributed by atoms with Crippen molar-refractivity contribution in [2.45, 2.75) is 139 Å². The number of nitrogens with one attached hydrogen (secondary N) is 1. The molecule has 2 saturated heterocycles. The van der Waals surface area contributed by atoms with Crippen molar-refractivity contribution in [1.29, 1.82) is 0 Å². The summed E-state index contributed by atoms with van der Waals surface area (Å²) in [5.41, 5.74) is 3.92. The van der Waals surface area contributed by atoms with E-state index in [2.05, 4.69) is 71.3 Å². The molecule has 1 unspecified atom stereocenters. The number of benzene rings is 1. The predicted octanol–water partition coefficient (Wildman–Crippen LogP) is 5.40. The van der Waals surface area contributed by atoms with Crippen LogP contribution < -0.4 is 0 Å². The zero-order valence-corrected chi connectivity index (χ0v) is 27.1. The standard InChI is InChI=1S/C37H47NO6/c1-17(2)29-28(40)31-37(43-31)25(42-29)10-11-34(7)35(8)18(9-12-36(34,37)41)13-22-20-14-21-19(15-24(20)38-30(22)35)23-16-32(3,4)44-33(5,6)26(23)27(21)39/h14-16,18,25-29,31,38-41H,1,9-13H2,2-8H3/t18-,25-,26?,27+,28-,29+,31+,34+,35+,36-,37-/m0/s1. The Bertz CT molecular complexity index is 1700. The summed E-state index contributed by atoms with van der Waals surface area (Å²) in [6.45, 7) is 19.0. The largest absolute Gasteiger partial charge is 0.388 e. The Morgan fingerprint density at radius 1 is 1.05 bits per heavy atom. The molecular weight excluding hydrogens is 554 g/mol. The summed E-state index contributed by atoms with van der Waals surface area (Å²) in [6.07, 6.45) is 3.58. The molecule has 9 rings (SSSR count). The first kappa shape index (κ1) is 28.2. The molecule has 7 heteroatoms. The van der Waals surface area contributed by atoms with Crippen LogP contribution in [0.25, 0.3) is 16.5 Å². The maximum atomic E-state index is 13.0. The SMILES string of the molecule is C=C(C)[C@H]1O[C@H]2CC[C@@]3(C)[C@@](O)(CC[C@H]4Cc5c([nH]c6cc7c(cc56)[C@@H](O)C5C7=CC(C)(C)OC5(C)C)[C@@]43C)[C@]23O[C@@H]3[C@H]1O. The van der Waals surface area contributed by atoms with Crippen LogP contribution in [-0.4, -0.2) is 67.1 Å². The molecule has 1 spiro atoms. The van der Waals surface area contributed by atoms with Crippen LogP contribution in [0, 0.1) is 17.3 Å². The Morgan fingerprint density at radius 3 is 2.52 bits per heavy atom. The molecule has 1 aromatic heterocycles. The Kier molecular flexibility index (Phi) is 5.08. The number of epoxide rings is 1. The van der Waals surface area contributed by atoms with Gasteiger partial charge in [0.05, 0.1) is 23.4 Å². The summed E-state index contributed by atoms with van der Waals surface area (Å²) in [5.74, 6) is 0.260. The fourth-order valence-corrected chi connectivity index (χ4v) is 12.0. The summed E-state index contributed by atoms with van der Waals surface area (Å²) in [5, 5.41) is 37.2. The van der Waals surface area contributed by atoms with Crippen molar-refractivity contribution >= 4 is 16.5 Å². The molecule has 4 aliphatic carbocycles. The van der Waals surface area contributed by atoms with Crippen molar-refractivity contribution in [2.24, 2.45) is 17.3 Å². The van der Waals surface area contributed by atoms with E-state index in [-0.39, 0.29) is 17.4 Å². The lowest BCUT2D eigenvalue weighted by Crippen LogP contribution is -2.76. The van der Waals surface area contributed by atoms with E-state index in [4.69, 9.17) is 14.2 Å². The lowest BCUT2D eigenvalue weighted by molar-refractivity contribution is -0.265. The number of rotatable bonds is 1. The average molecular weight is 602 g/mol. The van der Waals surface area contributed by atoms with Crippen LogP contribution >= 0.6 is 0 Å². The van der Waals surface area contributed by atoms with Gasteiger partial charge < -0.3 is 34.5 Å². The van der Waals surface area contributed by atoms with Gasteiger partial charge >= 0.3 is 0 Å². The first-order chi connectivity index (χ1) is 20.5. The molecule has 11 atom stereocenters. The van der Waals surface area contributed by atoms with Gasteiger partial charge in [0.1, 0.15) is 23.9 Å². The van der Waals surface area contributed by atoms with E-state index in [1.807, 2.05) is 6.92 Å². The smallest absolute Gasteiger partial charge is 0.153 e. The maximum absolute atomic E-state index is 13.0. The van der Waals surface area contributed by atoms with Crippen LogP contribution in [0.15, 0.2) is 30.4 Å². The quantitative estimate of drug-likeness (QED) is 0.258. The van der Waals surface area contributed by atoms with E-state index >= 15 is 0 Å². The van der Waals surface area contributed by atoms with Gasteiger partial charge in [0.25, 0.3) is 0 Å². The summed E-state index contributed by atoms with van der Waals surface area (Å²) in [6, 6.07) is 4.49. The summed E-state index contributed by atoms with van der Waals surface area (Å²) >= 11 is 0. The van der Waals surface area contributed by atoms with Crippen LogP contribution in [0.2, 0.25) is 0 Å². The van der Waals surface area contributed by atoms with Gasteiger partial charge in [0, 0.05) is 33.3 Å². The third-order valence-electron chi connectivity index (χ3n) is 14.0. The van der Waals surface area contributed by atoms with Gasteiger partial charge in [-0.05, 0) is 119 Å². The van der Waals surface area contributed by atoms with Crippen molar-refractivity contribution < 1.29 is 29.5 Å². The second-order valence-electron chi connectivity index (χ2n) is 16.9. The highest BCUT2D eigenvalue weighted by Crippen LogP contribution is 2.75. The molecule has 44 heavy (non-hydrogen) atoms. The van der Waals surface area contributed by atoms with Crippen molar-refractivity contribution in [3.05, 3.63) is 52.7 Å². The Labute approximate surface area is 259 Å². The number of hydrogen-bond donors (Lipinski definition) is 4. The molecule has 4 fully saturated rings. The topological polar surface area (TPSA) is 107 Å². The van der Waals surface area contributed by atoms with Crippen LogP contribution in [0.3, 0.4) is 0 Å². The number of aromatic nitrogens is 1. The van der Waals surface area contributed by atoms with Crippen molar-refractivity contribution in [2.75, 3.05) is 0 Å². The lowest BCUT2D eigenvalue weighted by Gasteiger charge is -2.66. The number of H-pyrrole nitrogens is 1. The molecule has 4 heterocycles. The van der Waals surface area contributed by atoms with E-state index in [0.29, 0.717) is 12.3 Å². The second kappa shape index (κ2) is 7.92. The highest BCUT2D eigenvalue weighted by atomic mass is 16.7. The van der Waals surface area contributed by atoms with Gasteiger partial charge in [-0.2, -0.15) is 0 Å². The van der Waals surface area contributed by atoms with E-state index in [1.54, 1.807) is 0 Å². The summed E-state index contributed by atoms with van der Waals surface area (Å²) in [7, 11) is 0. The van der Waals surface area contributed by atoms with Gasteiger partial charge in [0.2, 0.25) is 0 Å². The molecule has 7 aliphatic rings.